The van der Waals surface area contributed by atoms with Gasteiger partial charge in [-0.3, -0.25) is 4.90 Å². The van der Waals surface area contributed by atoms with Crippen molar-refractivity contribution in [3.8, 4) is 23.1 Å². The van der Waals surface area contributed by atoms with E-state index < -0.39 is 0 Å². The van der Waals surface area contributed by atoms with Gasteiger partial charge in [-0.25, -0.2) is 9.97 Å². The van der Waals surface area contributed by atoms with E-state index in [1.807, 2.05) is 45.1 Å². The molecule has 3 rings (SSSR count). The number of nitrogens with one attached hydrogen (secondary N) is 1. The molecule has 1 aromatic carbocycles. The number of nitrogens with two attached hydrogens (primary N) is 1. The number of ether oxygens (including phenoxy) is 4. The van der Waals surface area contributed by atoms with Gasteiger partial charge in [0.15, 0.2) is 11.5 Å². The third kappa shape index (κ3) is 11.4. The van der Waals surface area contributed by atoms with E-state index in [4.69, 9.17) is 24.7 Å². The second-order valence-corrected chi connectivity index (χ2v) is 8.73. The SMILES string of the molecule is C/C=C\C=CC(/C=C/CC)Nc1cc(Oc2cc(OC)c(OCCCN3CCOCC3)cc2CN)ncn1.CC. The Labute approximate surface area is 240 Å². The summed E-state index contributed by atoms with van der Waals surface area (Å²) in [5.74, 6) is 2.83. The normalized spacial score (nSPS) is 14.8. The van der Waals surface area contributed by atoms with Crippen LogP contribution in [-0.2, 0) is 11.3 Å². The van der Waals surface area contributed by atoms with Crippen molar-refractivity contribution in [2.24, 2.45) is 5.73 Å². The van der Waals surface area contributed by atoms with Crippen molar-refractivity contribution in [3.63, 3.8) is 0 Å². The Balaban J connectivity index is 0.00000274. The third-order valence-corrected chi connectivity index (χ3v) is 5.92. The number of hydrogen-bond donors (Lipinski definition) is 2. The zero-order chi connectivity index (χ0) is 29.0. The second kappa shape index (κ2) is 19.6. The predicted molar refractivity (Wildman–Crippen MR) is 163 cm³/mol. The van der Waals surface area contributed by atoms with Gasteiger partial charge in [0.1, 0.15) is 17.9 Å². The van der Waals surface area contributed by atoms with Gasteiger partial charge in [-0.2, -0.15) is 0 Å². The lowest BCUT2D eigenvalue weighted by molar-refractivity contribution is 0.0357. The first-order chi connectivity index (χ1) is 19.7. The van der Waals surface area contributed by atoms with E-state index in [2.05, 4.69) is 45.3 Å². The van der Waals surface area contributed by atoms with Crippen LogP contribution in [0.15, 0.2) is 61.0 Å². The first kappa shape index (κ1) is 32.8. The van der Waals surface area contributed by atoms with Gasteiger partial charge in [0.25, 0.3) is 0 Å². The highest BCUT2D eigenvalue weighted by molar-refractivity contribution is 5.52. The van der Waals surface area contributed by atoms with Crippen LogP contribution in [0.2, 0.25) is 0 Å². The molecule has 1 aromatic heterocycles. The molecule has 2 aromatic rings. The molecule has 0 spiro atoms. The van der Waals surface area contributed by atoms with Crippen LogP contribution in [-0.4, -0.2) is 67.5 Å². The number of methoxy groups -OCH3 is 1. The van der Waals surface area contributed by atoms with Gasteiger partial charge in [-0.1, -0.05) is 57.2 Å². The molecule has 0 amide bonds. The minimum absolute atomic E-state index is 0.0201. The zero-order valence-electron chi connectivity index (χ0n) is 24.8. The fourth-order valence-electron chi connectivity index (χ4n) is 3.90. The average molecular weight is 554 g/mol. The van der Waals surface area contributed by atoms with Gasteiger partial charge in [0.05, 0.1) is 33.0 Å². The van der Waals surface area contributed by atoms with Crippen molar-refractivity contribution < 1.29 is 18.9 Å². The Morgan fingerprint density at radius 3 is 2.58 bits per heavy atom. The van der Waals surface area contributed by atoms with Gasteiger partial charge in [0, 0.05) is 43.9 Å². The number of anilines is 1. The molecule has 9 heteroatoms. The smallest absolute Gasteiger partial charge is 0.224 e. The molecule has 0 bridgehead atoms. The van der Waals surface area contributed by atoms with Gasteiger partial charge < -0.3 is 30.0 Å². The van der Waals surface area contributed by atoms with E-state index in [0.717, 1.165) is 51.3 Å². The number of hydrogen-bond acceptors (Lipinski definition) is 9. The Bertz CT molecular complexity index is 1070. The summed E-state index contributed by atoms with van der Waals surface area (Å²) >= 11 is 0. The molecule has 3 N–H and O–H groups in total. The van der Waals surface area contributed by atoms with Crippen LogP contribution in [0, 0.1) is 0 Å². The van der Waals surface area contributed by atoms with Crippen molar-refractivity contribution in [2.75, 3.05) is 51.9 Å². The Morgan fingerprint density at radius 1 is 1.07 bits per heavy atom. The molecule has 9 nitrogen and oxygen atoms in total. The van der Waals surface area contributed by atoms with Crippen molar-refractivity contribution in [3.05, 3.63) is 66.5 Å². The van der Waals surface area contributed by atoms with Gasteiger partial charge >= 0.3 is 0 Å². The molecule has 1 fully saturated rings. The molecule has 2 heterocycles. The highest BCUT2D eigenvalue weighted by Gasteiger charge is 2.15. The summed E-state index contributed by atoms with van der Waals surface area (Å²) in [6.07, 6.45) is 15.6. The van der Waals surface area contributed by atoms with Crippen molar-refractivity contribution >= 4 is 5.82 Å². The second-order valence-electron chi connectivity index (χ2n) is 8.73. The molecule has 1 saturated heterocycles. The van der Waals surface area contributed by atoms with E-state index in [1.165, 1.54) is 6.33 Å². The lowest BCUT2D eigenvalue weighted by atomic mass is 10.1. The number of nitrogens with zero attached hydrogens (tertiary/aromatic N) is 3. The van der Waals surface area contributed by atoms with Crippen molar-refractivity contribution in [1.82, 2.24) is 14.9 Å². The monoisotopic (exact) mass is 553 g/mol. The standard InChI is InChI=1S/C29H41N5O4.C2H6/c1-4-6-8-11-24(10-7-5-2)33-28-20-29(32-22-31-28)38-25-19-26(35-3)27(18-23(25)21-30)37-15-9-12-34-13-16-36-17-14-34;1-2/h4,6-8,10-11,18-20,22,24H,5,9,12-17,21,30H2,1-3H3,(H,31,32,33);1-2H3/b6-4-,10-7+,11-8?;. The van der Waals surface area contributed by atoms with Crippen LogP contribution in [0.1, 0.15) is 46.1 Å². The van der Waals surface area contributed by atoms with E-state index in [-0.39, 0.29) is 12.6 Å². The Morgan fingerprint density at radius 2 is 1.88 bits per heavy atom. The molecule has 0 aliphatic carbocycles. The van der Waals surface area contributed by atoms with E-state index in [1.54, 1.807) is 19.2 Å². The predicted octanol–water partition coefficient (Wildman–Crippen LogP) is 5.74. The van der Waals surface area contributed by atoms with Crippen molar-refractivity contribution in [1.29, 1.82) is 0 Å². The molecule has 1 atom stereocenters. The van der Waals surface area contributed by atoms with Gasteiger partial charge in [0.2, 0.25) is 5.88 Å². The van der Waals surface area contributed by atoms with Crippen LogP contribution in [0.3, 0.4) is 0 Å². The van der Waals surface area contributed by atoms with E-state index in [0.29, 0.717) is 35.6 Å². The molecule has 1 aliphatic heterocycles. The summed E-state index contributed by atoms with van der Waals surface area (Å²) in [7, 11) is 1.61. The number of rotatable bonds is 15. The fraction of sp³-hybridized carbons (Fsp3) is 0.484. The van der Waals surface area contributed by atoms with Crippen LogP contribution >= 0.6 is 0 Å². The molecule has 1 unspecified atom stereocenters. The highest BCUT2D eigenvalue weighted by atomic mass is 16.5. The number of allylic oxidation sites excluding steroid dienone is 4. The van der Waals surface area contributed by atoms with Crippen LogP contribution in [0.4, 0.5) is 5.82 Å². The molecule has 1 aliphatic rings. The third-order valence-electron chi connectivity index (χ3n) is 5.92. The topological polar surface area (TPSA) is 104 Å². The minimum Gasteiger partial charge on any atom is -0.493 e. The average Bonchev–Trinajstić information content (AvgIpc) is 3.00. The summed E-state index contributed by atoms with van der Waals surface area (Å²) in [6.45, 7) is 13.4. The summed E-state index contributed by atoms with van der Waals surface area (Å²) in [5, 5.41) is 3.39. The van der Waals surface area contributed by atoms with Gasteiger partial charge in [-0.15, -0.1) is 0 Å². The van der Waals surface area contributed by atoms with Crippen LogP contribution in [0.25, 0.3) is 0 Å². The largest absolute Gasteiger partial charge is 0.493 e. The van der Waals surface area contributed by atoms with Crippen molar-refractivity contribution in [2.45, 2.75) is 53.1 Å². The number of aromatic nitrogens is 2. The lowest BCUT2D eigenvalue weighted by Gasteiger charge is -2.26. The van der Waals surface area contributed by atoms with Crippen LogP contribution in [0.5, 0.6) is 23.1 Å². The fourth-order valence-corrected chi connectivity index (χ4v) is 3.90. The maximum Gasteiger partial charge on any atom is 0.224 e. The van der Waals surface area contributed by atoms with Gasteiger partial charge in [-0.05, 0) is 25.8 Å². The molecule has 220 valence electrons. The highest BCUT2D eigenvalue weighted by Crippen LogP contribution is 2.37. The summed E-state index contributed by atoms with van der Waals surface area (Å²) in [5.41, 5.74) is 6.85. The minimum atomic E-state index is -0.0201. The quantitative estimate of drug-likeness (QED) is 0.162. The van der Waals surface area contributed by atoms with E-state index in [9.17, 15) is 0 Å². The molecule has 0 saturated carbocycles. The Hall–Kier alpha value is -3.40. The summed E-state index contributed by atoms with van der Waals surface area (Å²) in [4.78, 5) is 11.0. The Kier molecular flexibility index (Phi) is 16.1. The summed E-state index contributed by atoms with van der Waals surface area (Å²) < 4.78 is 23.2. The molecule has 40 heavy (non-hydrogen) atoms. The number of benzene rings is 1. The lowest BCUT2D eigenvalue weighted by Crippen LogP contribution is -2.37. The molecular formula is C31H47N5O4. The number of morpholine rings is 1. The van der Waals surface area contributed by atoms with E-state index >= 15 is 0 Å². The summed E-state index contributed by atoms with van der Waals surface area (Å²) in [6, 6.07) is 5.41. The van der Waals surface area contributed by atoms with Crippen LogP contribution < -0.4 is 25.3 Å². The maximum atomic E-state index is 6.13. The first-order valence-corrected chi connectivity index (χ1v) is 14.2. The molecular weight excluding hydrogens is 506 g/mol. The molecule has 0 radical (unpaired) electrons. The maximum absolute atomic E-state index is 6.13. The zero-order valence-corrected chi connectivity index (χ0v) is 24.8. The first-order valence-electron chi connectivity index (χ1n) is 14.2.